The van der Waals surface area contributed by atoms with E-state index in [-0.39, 0.29) is 11.9 Å². The van der Waals surface area contributed by atoms with Crippen molar-refractivity contribution in [1.29, 1.82) is 0 Å². The van der Waals surface area contributed by atoms with Crippen molar-refractivity contribution in [3.63, 3.8) is 0 Å². The van der Waals surface area contributed by atoms with E-state index in [4.69, 9.17) is 17.3 Å². The van der Waals surface area contributed by atoms with Crippen molar-refractivity contribution in [2.24, 2.45) is 5.73 Å². The second-order valence-corrected chi connectivity index (χ2v) is 3.86. The minimum Gasteiger partial charge on any atom is -0.324 e. The van der Waals surface area contributed by atoms with E-state index in [2.05, 4.69) is 0 Å². The fraction of sp³-hybridized carbons (Fsp3) is 0.400. The van der Waals surface area contributed by atoms with Crippen LogP contribution in [-0.4, -0.2) is 0 Å². The number of benzene rings is 1. The highest BCUT2D eigenvalue weighted by atomic mass is 35.5. The Bertz CT molecular complexity index is 338. The molecule has 0 saturated carbocycles. The van der Waals surface area contributed by atoms with Gasteiger partial charge in [0.2, 0.25) is 0 Å². The molecule has 3 heteroatoms. The Hall–Kier alpha value is -0.600. The number of nitrogens with two attached hydrogens (primary N) is 1. The molecule has 0 bridgehead atoms. The summed E-state index contributed by atoms with van der Waals surface area (Å²) in [6.07, 6.45) is 2.88. The van der Waals surface area contributed by atoms with Crippen molar-refractivity contribution in [2.75, 3.05) is 0 Å². The van der Waals surface area contributed by atoms with Crippen LogP contribution in [0.15, 0.2) is 12.1 Å². The van der Waals surface area contributed by atoms with Crippen LogP contribution < -0.4 is 5.73 Å². The maximum Gasteiger partial charge on any atom is 0.125 e. The molecule has 1 nitrogen and oxygen atoms in total. The average molecular weight is 200 g/mol. The number of hydrogen-bond donors (Lipinski definition) is 1. The van der Waals surface area contributed by atoms with E-state index < -0.39 is 0 Å². The Morgan fingerprint density at radius 2 is 2.23 bits per heavy atom. The molecule has 0 saturated heterocycles. The smallest absolute Gasteiger partial charge is 0.125 e. The van der Waals surface area contributed by atoms with Crippen LogP contribution in [0.25, 0.3) is 0 Å². The van der Waals surface area contributed by atoms with Crippen molar-refractivity contribution >= 4 is 11.6 Å². The summed E-state index contributed by atoms with van der Waals surface area (Å²) in [5.41, 5.74) is 7.77. The zero-order valence-electron chi connectivity index (χ0n) is 7.19. The quantitative estimate of drug-likeness (QED) is 0.683. The molecule has 1 aromatic rings. The van der Waals surface area contributed by atoms with E-state index in [0.29, 0.717) is 5.02 Å². The van der Waals surface area contributed by atoms with Crippen LogP contribution in [-0.2, 0) is 6.42 Å². The number of fused-ring (bicyclic) bond motifs is 1. The molecule has 2 N–H and O–H groups in total. The van der Waals surface area contributed by atoms with Crippen LogP contribution in [0.2, 0.25) is 5.02 Å². The molecule has 0 spiro atoms. The second kappa shape index (κ2) is 3.28. The maximum atomic E-state index is 13.0. The zero-order chi connectivity index (χ0) is 9.42. The van der Waals surface area contributed by atoms with Crippen LogP contribution in [0.3, 0.4) is 0 Å². The summed E-state index contributed by atoms with van der Waals surface area (Å²) in [5.74, 6) is -0.291. The van der Waals surface area contributed by atoms with E-state index in [1.165, 1.54) is 12.1 Å². The molecule has 2 rings (SSSR count). The SMILES string of the molecule is NC1CCCc2c(Cl)cc(F)cc21. The summed E-state index contributed by atoms with van der Waals surface area (Å²) < 4.78 is 13.0. The molecule has 70 valence electrons. The highest BCUT2D eigenvalue weighted by Crippen LogP contribution is 2.33. The monoisotopic (exact) mass is 199 g/mol. The molecule has 1 unspecified atom stereocenters. The Kier molecular flexibility index (Phi) is 2.26. The van der Waals surface area contributed by atoms with Crippen molar-refractivity contribution in [1.82, 2.24) is 0 Å². The summed E-state index contributed by atoms with van der Waals surface area (Å²) >= 11 is 5.92. The molecule has 0 amide bonds. The summed E-state index contributed by atoms with van der Waals surface area (Å²) in [5, 5.41) is 0.519. The lowest BCUT2D eigenvalue weighted by molar-refractivity contribution is 0.557. The lowest BCUT2D eigenvalue weighted by Crippen LogP contribution is -2.17. The first-order valence-corrected chi connectivity index (χ1v) is 4.79. The molecule has 0 aromatic heterocycles. The standard InChI is InChI=1S/C10H11ClFN/c11-9-5-6(12)4-8-7(9)2-1-3-10(8)13/h4-5,10H,1-3,13H2. The Morgan fingerprint density at radius 3 is 3.00 bits per heavy atom. The third-order valence-electron chi connectivity index (χ3n) is 2.54. The van der Waals surface area contributed by atoms with Crippen molar-refractivity contribution in [3.05, 3.63) is 34.1 Å². The normalized spacial score (nSPS) is 21.3. The maximum absolute atomic E-state index is 13.0. The van der Waals surface area contributed by atoms with Crippen LogP contribution >= 0.6 is 11.6 Å². The van der Waals surface area contributed by atoms with Gasteiger partial charge in [-0.1, -0.05) is 11.6 Å². The van der Waals surface area contributed by atoms with E-state index in [9.17, 15) is 4.39 Å². The van der Waals surface area contributed by atoms with Crippen molar-refractivity contribution in [3.8, 4) is 0 Å². The minimum atomic E-state index is -0.291. The van der Waals surface area contributed by atoms with Gasteiger partial charge >= 0.3 is 0 Å². The lowest BCUT2D eigenvalue weighted by Gasteiger charge is -2.22. The molecule has 0 aliphatic heterocycles. The highest BCUT2D eigenvalue weighted by molar-refractivity contribution is 6.31. The number of hydrogen-bond acceptors (Lipinski definition) is 1. The summed E-state index contributed by atoms with van der Waals surface area (Å²) in [6.45, 7) is 0. The van der Waals surface area contributed by atoms with Crippen molar-refractivity contribution in [2.45, 2.75) is 25.3 Å². The molecule has 1 aliphatic carbocycles. The van der Waals surface area contributed by atoms with Gasteiger partial charge in [0.15, 0.2) is 0 Å². The first-order chi connectivity index (χ1) is 6.18. The van der Waals surface area contributed by atoms with Crippen LogP contribution in [0.1, 0.15) is 30.0 Å². The van der Waals surface area contributed by atoms with Gasteiger partial charge in [-0.15, -0.1) is 0 Å². The van der Waals surface area contributed by atoms with Crippen molar-refractivity contribution < 1.29 is 4.39 Å². The van der Waals surface area contributed by atoms with Gasteiger partial charge in [-0.2, -0.15) is 0 Å². The Morgan fingerprint density at radius 1 is 1.46 bits per heavy atom. The van der Waals surface area contributed by atoms with E-state index in [1.807, 2.05) is 0 Å². The summed E-state index contributed by atoms with van der Waals surface area (Å²) in [7, 11) is 0. The van der Waals surface area contributed by atoms with Gasteiger partial charge < -0.3 is 5.73 Å². The van der Waals surface area contributed by atoms with E-state index >= 15 is 0 Å². The minimum absolute atomic E-state index is 0.0445. The molecular formula is C10H11ClFN. The first kappa shape index (κ1) is 8.97. The van der Waals surface area contributed by atoms with Crippen LogP contribution in [0, 0.1) is 5.82 Å². The summed E-state index contributed by atoms with van der Waals surface area (Å²) in [4.78, 5) is 0. The van der Waals surface area contributed by atoms with Gasteiger partial charge in [0, 0.05) is 11.1 Å². The van der Waals surface area contributed by atoms with Gasteiger partial charge in [0.05, 0.1) is 0 Å². The average Bonchev–Trinajstić information content (AvgIpc) is 2.07. The third-order valence-corrected chi connectivity index (χ3v) is 2.87. The summed E-state index contributed by atoms with van der Waals surface area (Å²) in [6, 6.07) is 2.82. The second-order valence-electron chi connectivity index (χ2n) is 3.45. The van der Waals surface area contributed by atoms with Gasteiger partial charge in [-0.05, 0) is 42.5 Å². The Labute approximate surface area is 81.7 Å². The number of halogens is 2. The van der Waals surface area contributed by atoms with Crippen LogP contribution in [0.4, 0.5) is 4.39 Å². The molecule has 0 fully saturated rings. The molecule has 1 aliphatic rings. The third kappa shape index (κ3) is 1.56. The largest absolute Gasteiger partial charge is 0.324 e. The molecule has 13 heavy (non-hydrogen) atoms. The van der Waals surface area contributed by atoms with Crippen LogP contribution in [0.5, 0.6) is 0 Å². The predicted molar refractivity (Wildman–Crippen MR) is 51.3 cm³/mol. The van der Waals surface area contributed by atoms with E-state index in [0.717, 1.165) is 30.4 Å². The fourth-order valence-corrected chi connectivity index (χ4v) is 2.18. The van der Waals surface area contributed by atoms with Gasteiger partial charge in [-0.3, -0.25) is 0 Å². The predicted octanol–water partition coefficient (Wildman–Crippen LogP) is 2.82. The Balaban J connectivity index is 2.56. The zero-order valence-corrected chi connectivity index (χ0v) is 7.94. The fourth-order valence-electron chi connectivity index (χ4n) is 1.87. The molecule has 1 aromatic carbocycles. The lowest BCUT2D eigenvalue weighted by atomic mass is 9.88. The topological polar surface area (TPSA) is 26.0 Å². The van der Waals surface area contributed by atoms with Gasteiger partial charge in [0.25, 0.3) is 0 Å². The molecular weight excluding hydrogens is 189 g/mol. The molecule has 1 atom stereocenters. The molecule has 0 heterocycles. The number of rotatable bonds is 0. The van der Waals surface area contributed by atoms with E-state index in [1.54, 1.807) is 0 Å². The highest BCUT2D eigenvalue weighted by Gasteiger charge is 2.19. The van der Waals surface area contributed by atoms with Gasteiger partial charge in [-0.25, -0.2) is 4.39 Å². The molecule has 0 radical (unpaired) electrons. The first-order valence-electron chi connectivity index (χ1n) is 4.42. The van der Waals surface area contributed by atoms with Gasteiger partial charge in [0.1, 0.15) is 5.82 Å².